The first kappa shape index (κ1) is 20.0. The quantitative estimate of drug-likeness (QED) is 0.572. The van der Waals surface area contributed by atoms with Crippen molar-refractivity contribution in [3.8, 4) is 23.1 Å². The van der Waals surface area contributed by atoms with Crippen LogP contribution in [0.4, 0.5) is 10.5 Å². The number of ether oxygens (including phenoxy) is 2. The van der Waals surface area contributed by atoms with Gasteiger partial charge in [-0.1, -0.05) is 12.1 Å². The second-order valence-electron chi connectivity index (χ2n) is 6.55. The number of nitrogens with one attached hydrogen (secondary N) is 2. The zero-order valence-electron chi connectivity index (χ0n) is 16.5. The largest absolute Gasteiger partial charge is 0.504 e. The number of urea groups is 1. The summed E-state index contributed by atoms with van der Waals surface area (Å²) in [6.07, 6.45) is 1.52. The fourth-order valence-electron chi connectivity index (χ4n) is 2.62. The lowest BCUT2D eigenvalue weighted by Crippen LogP contribution is -2.28. The van der Waals surface area contributed by atoms with Crippen molar-refractivity contribution in [1.82, 2.24) is 10.3 Å². The van der Waals surface area contributed by atoms with Gasteiger partial charge in [0.15, 0.2) is 11.5 Å². The molecule has 1 aromatic heterocycles. The van der Waals surface area contributed by atoms with Gasteiger partial charge >= 0.3 is 6.03 Å². The summed E-state index contributed by atoms with van der Waals surface area (Å²) < 4.78 is 10.7. The summed E-state index contributed by atoms with van der Waals surface area (Å²) in [5.74, 6) is 1.55. The molecule has 0 aliphatic rings. The maximum absolute atomic E-state index is 12.1. The zero-order chi connectivity index (χ0) is 20.8. The summed E-state index contributed by atoms with van der Waals surface area (Å²) in [5, 5.41) is 15.2. The molecule has 0 atom stereocenters. The molecule has 29 heavy (non-hydrogen) atoms. The molecule has 3 rings (SSSR count). The number of hydrogen-bond acceptors (Lipinski definition) is 5. The first-order valence-electron chi connectivity index (χ1n) is 9.06. The number of methoxy groups -OCH3 is 1. The maximum Gasteiger partial charge on any atom is 0.319 e. The van der Waals surface area contributed by atoms with Crippen LogP contribution in [-0.4, -0.2) is 23.2 Å². The molecule has 7 heteroatoms. The predicted octanol–water partition coefficient (Wildman–Crippen LogP) is 4.53. The first-order chi connectivity index (χ1) is 13.9. The molecule has 150 valence electrons. The Bertz CT molecular complexity index is 1000. The summed E-state index contributed by atoms with van der Waals surface area (Å²) in [6, 6.07) is 13.8. The second kappa shape index (κ2) is 8.97. The third-order valence-corrected chi connectivity index (χ3v) is 4.39. The van der Waals surface area contributed by atoms with Gasteiger partial charge in [0.25, 0.3) is 0 Å². The fraction of sp³-hybridized carbons (Fsp3) is 0.182. The summed E-state index contributed by atoms with van der Waals surface area (Å²) in [7, 11) is 1.48. The average molecular weight is 393 g/mol. The van der Waals surface area contributed by atoms with E-state index in [1.807, 2.05) is 32.0 Å². The first-order valence-corrected chi connectivity index (χ1v) is 9.06. The number of anilines is 1. The van der Waals surface area contributed by atoms with Crippen LogP contribution in [0.15, 0.2) is 54.7 Å². The van der Waals surface area contributed by atoms with Crippen molar-refractivity contribution < 1.29 is 19.4 Å². The zero-order valence-corrected chi connectivity index (χ0v) is 16.5. The van der Waals surface area contributed by atoms with E-state index < -0.39 is 0 Å². The van der Waals surface area contributed by atoms with Crippen LogP contribution in [0.5, 0.6) is 23.1 Å². The van der Waals surface area contributed by atoms with Gasteiger partial charge in [-0.2, -0.15) is 0 Å². The minimum Gasteiger partial charge on any atom is -0.504 e. The van der Waals surface area contributed by atoms with E-state index in [1.54, 1.807) is 30.3 Å². The van der Waals surface area contributed by atoms with Crippen LogP contribution in [-0.2, 0) is 6.54 Å². The molecular formula is C22H23N3O4. The normalized spacial score (nSPS) is 10.3. The number of pyridine rings is 1. The number of phenols is 1. The Morgan fingerprint density at radius 2 is 1.90 bits per heavy atom. The molecule has 3 aromatic rings. The number of amides is 2. The van der Waals surface area contributed by atoms with Crippen LogP contribution in [0.2, 0.25) is 0 Å². The third kappa shape index (κ3) is 5.38. The predicted molar refractivity (Wildman–Crippen MR) is 111 cm³/mol. The van der Waals surface area contributed by atoms with Gasteiger partial charge in [-0.3, -0.25) is 0 Å². The van der Waals surface area contributed by atoms with Gasteiger partial charge in [0.05, 0.1) is 19.0 Å². The summed E-state index contributed by atoms with van der Waals surface area (Å²) in [5.41, 5.74) is 3.62. The SMILES string of the molecule is COc1ccc(CNC(=O)Nc2ccc(Oc3ccc(C)c(C)c3)nc2)cc1O. The van der Waals surface area contributed by atoms with Gasteiger partial charge in [0, 0.05) is 12.6 Å². The summed E-state index contributed by atoms with van der Waals surface area (Å²) in [4.78, 5) is 16.3. The van der Waals surface area contributed by atoms with Gasteiger partial charge in [-0.15, -0.1) is 0 Å². The molecule has 1 heterocycles. The van der Waals surface area contributed by atoms with E-state index in [2.05, 4.69) is 15.6 Å². The van der Waals surface area contributed by atoms with E-state index in [4.69, 9.17) is 9.47 Å². The van der Waals surface area contributed by atoms with Gasteiger partial charge in [-0.05, 0) is 60.9 Å². The number of rotatable bonds is 6. The standard InChI is InChI=1S/C22H23N3O4/c1-14-4-7-18(10-15(14)2)29-21-9-6-17(13-23-21)25-22(27)24-12-16-5-8-20(28-3)19(26)11-16/h4-11,13,26H,12H2,1-3H3,(H2,24,25,27). The Morgan fingerprint density at radius 3 is 2.55 bits per heavy atom. The van der Waals surface area contributed by atoms with Crippen molar-refractivity contribution in [2.24, 2.45) is 0 Å². The number of aryl methyl sites for hydroxylation is 2. The van der Waals surface area contributed by atoms with Gasteiger partial charge < -0.3 is 25.2 Å². The molecule has 0 aliphatic carbocycles. The van der Waals surface area contributed by atoms with Gasteiger partial charge in [-0.25, -0.2) is 9.78 Å². The molecule has 0 fully saturated rings. The minimum absolute atomic E-state index is 0.0239. The lowest BCUT2D eigenvalue weighted by Gasteiger charge is -2.10. The number of hydrogen-bond donors (Lipinski definition) is 3. The number of aromatic hydroxyl groups is 1. The van der Waals surface area contributed by atoms with Crippen molar-refractivity contribution in [2.45, 2.75) is 20.4 Å². The van der Waals surface area contributed by atoms with Gasteiger partial charge in [0.1, 0.15) is 5.75 Å². The van der Waals surface area contributed by atoms with Crippen molar-refractivity contribution in [1.29, 1.82) is 0 Å². The van der Waals surface area contributed by atoms with E-state index in [-0.39, 0.29) is 18.3 Å². The highest BCUT2D eigenvalue weighted by atomic mass is 16.5. The highest BCUT2D eigenvalue weighted by molar-refractivity contribution is 5.89. The molecular weight excluding hydrogens is 370 g/mol. The van der Waals surface area contributed by atoms with E-state index in [9.17, 15) is 9.90 Å². The molecule has 0 spiro atoms. The van der Waals surface area contributed by atoms with Crippen molar-refractivity contribution in [2.75, 3.05) is 12.4 Å². The number of aromatic nitrogens is 1. The molecule has 0 unspecified atom stereocenters. The monoisotopic (exact) mass is 393 g/mol. The van der Waals surface area contributed by atoms with Crippen LogP contribution in [0.3, 0.4) is 0 Å². The maximum atomic E-state index is 12.1. The second-order valence-corrected chi connectivity index (χ2v) is 6.55. The van der Waals surface area contributed by atoms with Crippen LogP contribution in [0.1, 0.15) is 16.7 Å². The number of benzene rings is 2. The minimum atomic E-state index is -0.384. The fourth-order valence-corrected chi connectivity index (χ4v) is 2.62. The van der Waals surface area contributed by atoms with E-state index in [0.29, 0.717) is 23.1 Å². The van der Waals surface area contributed by atoms with Crippen molar-refractivity contribution in [3.05, 3.63) is 71.4 Å². The van der Waals surface area contributed by atoms with Crippen LogP contribution < -0.4 is 20.1 Å². The lowest BCUT2D eigenvalue weighted by atomic mass is 10.1. The van der Waals surface area contributed by atoms with Crippen LogP contribution >= 0.6 is 0 Å². The average Bonchev–Trinajstić information content (AvgIpc) is 2.71. The smallest absolute Gasteiger partial charge is 0.319 e. The Hall–Kier alpha value is -3.74. The molecule has 0 bridgehead atoms. The number of carbonyl (C=O) groups excluding carboxylic acids is 1. The van der Waals surface area contributed by atoms with Gasteiger partial charge in [0.2, 0.25) is 5.88 Å². The Kier molecular flexibility index (Phi) is 6.19. The summed E-state index contributed by atoms with van der Waals surface area (Å²) in [6.45, 7) is 4.32. The third-order valence-electron chi connectivity index (χ3n) is 4.39. The Balaban J connectivity index is 1.53. The molecule has 0 aliphatic heterocycles. The highest BCUT2D eigenvalue weighted by Crippen LogP contribution is 2.26. The molecule has 7 nitrogen and oxygen atoms in total. The number of phenolic OH excluding ortho intramolecular Hbond substituents is 1. The van der Waals surface area contributed by atoms with E-state index >= 15 is 0 Å². The van der Waals surface area contributed by atoms with E-state index in [1.165, 1.54) is 18.9 Å². The molecule has 2 amide bonds. The van der Waals surface area contributed by atoms with Crippen LogP contribution in [0.25, 0.3) is 0 Å². The number of nitrogens with zero attached hydrogens (tertiary/aromatic N) is 1. The molecule has 0 saturated heterocycles. The van der Waals surface area contributed by atoms with Crippen molar-refractivity contribution >= 4 is 11.7 Å². The topological polar surface area (TPSA) is 92.7 Å². The molecule has 0 saturated carbocycles. The lowest BCUT2D eigenvalue weighted by molar-refractivity contribution is 0.251. The number of carbonyl (C=O) groups is 1. The molecule has 3 N–H and O–H groups in total. The molecule has 0 radical (unpaired) electrons. The highest BCUT2D eigenvalue weighted by Gasteiger charge is 2.06. The Morgan fingerprint density at radius 1 is 1.07 bits per heavy atom. The summed E-state index contributed by atoms with van der Waals surface area (Å²) >= 11 is 0. The Labute approximate surface area is 169 Å². The molecule has 2 aromatic carbocycles. The van der Waals surface area contributed by atoms with E-state index in [0.717, 1.165) is 11.1 Å². The van der Waals surface area contributed by atoms with Crippen molar-refractivity contribution in [3.63, 3.8) is 0 Å². The van der Waals surface area contributed by atoms with Crippen LogP contribution in [0, 0.1) is 13.8 Å².